The van der Waals surface area contributed by atoms with Gasteiger partial charge in [0.1, 0.15) is 0 Å². The maximum absolute atomic E-state index is 13.5. The van der Waals surface area contributed by atoms with Crippen LogP contribution in [0.2, 0.25) is 10.0 Å². The maximum Gasteiger partial charge on any atom is 0.253 e. The topological polar surface area (TPSA) is 52.7 Å². The molecule has 3 aromatic rings. The maximum atomic E-state index is 13.5. The molecule has 2 aliphatic rings. The fraction of sp³-hybridized carbons (Fsp3) is 0.444. The number of benzene rings is 3. The Hall–Kier alpha value is -2.86. The van der Waals surface area contributed by atoms with Crippen molar-refractivity contribution in [2.24, 2.45) is 0 Å². The van der Waals surface area contributed by atoms with Crippen LogP contribution in [0, 0.1) is 0 Å². The van der Waals surface area contributed by atoms with E-state index in [9.17, 15) is 9.59 Å². The van der Waals surface area contributed by atoms with Gasteiger partial charge in [0.15, 0.2) is 0 Å². The number of nitrogens with one attached hydrogen (secondary N) is 1. The van der Waals surface area contributed by atoms with Crippen molar-refractivity contribution in [3.8, 4) is 0 Å². The van der Waals surface area contributed by atoms with Crippen LogP contribution in [0.1, 0.15) is 73.4 Å². The molecule has 2 fully saturated rings. The number of amides is 2. The lowest BCUT2D eigenvalue weighted by atomic mass is 9.70. The van der Waals surface area contributed by atoms with Gasteiger partial charge in [0.2, 0.25) is 5.91 Å². The Morgan fingerprint density at radius 2 is 1.51 bits per heavy atom. The Morgan fingerprint density at radius 3 is 2.19 bits per heavy atom. The van der Waals surface area contributed by atoms with Gasteiger partial charge in [-0.05, 0) is 93.6 Å². The summed E-state index contributed by atoms with van der Waals surface area (Å²) >= 11 is 12.8. The Kier molecular flexibility index (Phi) is 10.5. The molecule has 43 heavy (non-hydrogen) atoms. The molecule has 0 bridgehead atoms. The van der Waals surface area contributed by atoms with Crippen LogP contribution in [0.3, 0.4) is 0 Å². The van der Waals surface area contributed by atoms with Crippen molar-refractivity contribution in [2.75, 3.05) is 39.3 Å². The number of hydrogen-bond donors (Lipinski definition) is 1. The highest BCUT2D eigenvalue weighted by atomic mass is 35.5. The number of likely N-dealkylation sites (tertiary alicyclic amines) is 2. The number of halogens is 2. The third-order valence-corrected chi connectivity index (χ3v) is 10.4. The molecular weight excluding hydrogens is 577 g/mol. The van der Waals surface area contributed by atoms with Gasteiger partial charge < -0.3 is 15.1 Å². The minimum absolute atomic E-state index is 0.0362. The Balaban J connectivity index is 1.27. The highest BCUT2D eigenvalue weighted by Crippen LogP contribution is 2.41. The van der Waals surface area contributed by atoms with E-state index in [4.69, 9.17) is 23.2 Å². The second-order valence-electron chi connectivity index (χ2n) is 12.3. The van der Waals surface area contributed by atoms with Crippen molar-refractivity contribution in [1.82, 2.24) is 15.1 Å². The molecule has 0 saturated carbocycles. The molecule has 0 spiro atoms. The number of nitrogens with zero attached hydrogens (tertiary/aromatic N) is 2. The molecule has 1 unspecified atom stereocenters. The first-order chi connectivity index (χ1) is 20.8. The summed E-state index contributed by atoms with van der Waals surface area (Å²) in [4.78, 5) is 30.3. The minimum Gasteiger partial charge on any atom is -0.355 e. The third-order valence-electron chi connectivity index (χ3n) is 9.69. The smallest absolute Gasteiger partial charge is 0.253 e. The van der Waals surface area contributed by atoms with Crippen LogP contribution in [-0.4, -0.2) is 60.9 Å². The summed E-state index contributed by atoms with van der Waals surface area (Å²) in [5.74, 6) is 0.200. The van der Waals surface area contributed by atoms with Crippen LogP contribution in [-0.2, 0) is 15.6 Å². The second-order valence-corrected chi connectivity index (χ2v) is 13.1. The fourth-order valence-electron chi connectivity index (χ4n) is 7.08. The molecule has 3 aromatic carbocycles. The first kappa shape index (κ1) is 31.6. The van der Waals surface area contributed by atoms with Crippen LogP contribution in [0.5, 0.6) is 0 Å². The molecule has 2 amide bonds. The van der Waals surface area contributed by atoms with E-state index >= 15 is 0 Å². The minimum atomic E-state index is -0.176. The third kappa shape index (κ3) is 7.45. The van der Waals surface area contributed by atoms with Gasteiger partial charge in [0, 0.05) is 42.4 Å². The lowest BCUT2D eigenvalue weighted by Gasteiger charge is -2.45. The number of carbonyl (C=O) groups is 2. The molecule has 0 radical (unpaired) electrons. The molecule has 0 aromatic heterocycles. The quantitative estimate of drug-likeness (QED) is 0.255. The highest BCUT2D eigenvalue weighted by Gasteiger charge is 2.40. The lowest BCUT2D eigenvalue weighted by molar-refractivity contribution is -0.121. The van der Waals surface area contributed by atoms with Crippen molar-refractivity contribution >= 4 is 35.0 Å². The summed E-state index contributed by atoms with van der Waals surface area (Å²) in [7, 11) is 0. The van der Waals surface area contributed by atoms with E-state index < -0.39 is 0 Å². The van der Waals surface area contributed by atoms with Crippen molar-refractivity contribution < 1.29 is 9.59 Å². The Labute approximate surface area is 266 Å². The molecule has 1 atom stereocenters. The van der Waals surface area contributed by atoms with Crippen molar-refractivity contribution in [3.05, 3.63) is 106 Å². The zero-order valence-corrected chi connectivity index (χ0v) is 26.7. The standard InChI is InChI=1S/C36H43Cl2N3O2/c1-2-33(42)39-26-35(29-13-7-4-8-14-29)19-23-40(24-20-35)21-9-17-36(30-15-16-31(37)32(38)25-30)18-10-22-41(27-36)34(43)28-11-5-3-6-12-28/h3-8,11-16,25H,2,9-10,17-24,26-27H2,1H3,(H,39,42). The average Bonchev–Trinajstić information content (AvgIpc) is 3.06. The molecule has 2 heterocycles. The van der Waals surface area contributed by atoms with Crippen molar-refractivity contribution in [3.63, 3.8) is 0 Å². The van der Waals surface area contributed by atoms with Gasteiger partial charge in [-0.2, -0.15) is 0 Å². The predicted molar refractivity (Wildman–Crippen MR) is 176 cm³/mol. The second kappa shape index (κ2) is 14.3. The Morgan fingerprint density at radius 1 is 0.814 bits per heavy atom. The van der Waals surface area contributed by atoms with Crippen molar-refractivity contribution in [2.45, 2.75) is 62.7 Å². The van der Waals surface area contributed by atoms with Crippen molar-refractivity contribution in [1.29, 1.82) is 0 Å². The largest absolute Gasteiger partial charge is 0.355 e. The zero-order valence-electron chi connectivity index (χ0n) is 25.2. The van der Waals surface area contributed by atoms with Gasteiger partial charge in [-0.3, -0.25) is 9.59 Å². The monoisotopic (exact) mass is 619 g/mol. The van der Waals surface area contributed by atoms with E-state index in [0.717, 1.165) is 70.3 Å². The highest BCUT2D eigenvalue weighted by molar-refractivity contribution is 6.42. The first-order valence-corrected chi connectivity index (χ1v) is 16.4. The lowest BCUT2D eigenvalue weighted by Crippen LogP contribution is -2.50. The summed E-state index contributed by atoms with van der Waals surface area (Å²) in [5.41, 5.74) is 3.00. The van der Waals surface area contributed by atoms with E-state index in [1.807, 2.05) is 54.3 Å². The van der Waals surface area contributed by atoms with Crippen LogP contribution in [0.15, 0.2) is 78.9 Å². The number of hydrogen-bond acceptors (Lipinski definition) is 3. The average molecular weight is 621 g/mol. The van der Waals surface area contributed by atoms with Gasteiger partial charge in [-0.15, -0.1) is 0 Å². The van der Waals surface area contributed by atoms with E-state index in [2.05, 4.69) is 46.6 Å². The molecule has 5 nitrogen and oxygen atoms in total. The molecule has 7 heteroatoms. The van der Waals surface area contributed by atoms with Crippen LogP contribution < -0.4 is 5.32 Å². The summed E-state index contributed by atoms with van der Waals surface area (Å²) < 4.78 is 0. The molecule has 0 aliphatic carbocycles. The number of rotatable bonds is 10. The summed E-state index contributed by atoms with van der Waals surface area (Å²) in [5, 5.41) is 4.31. The van der Waals surface area contributed by atoms with Crippen LogP contribution >= 0.6 is 23.2 Å². The van der Waals surface area contributed by atoms with Gasteiger partial charge in [-0.25, -0.2) is 0 Å². The molecule has 228 valence electrons. The van der Waals surface area contributed by atoms with Gasteiger partial charge in [0.05, 0.1) is 10.0 Å². The van der Waals surface area contributed by atoms with E-state index in [1.54, 1.807) is 0 Å². The van der Waals surface area contributed by atoms with E-state index in [-0.39, 0.29) is 22.6 Å². The van der Waals surface area contributed by atoms with Crippen LogP contribution in [0.4, 0.5) is 0 Å². The fourth-order valence-corrected chi connectivity index (χ4v) is 7.37. The normalized spacial score (nSPS) is 20.5. The molecule has 2 aliphatic heterocycles. The van der Waals surface area contributed by atoms with Gasteiger partial charge in [0.25, 0.3) is 5.91 Å². The van der Waals surface area contributed by atoms with Gasteiger partial charge in [-0.1, -0.05) is 84.7 Å². The zero-order chi connectivity index (χ0) is 30.3. The molecule has 2 saturated heterocycles. The van der Waals surface area contributed by atoms with Crippen LogP contribution in [0.25, 0.3) is 0 Å². The SMILES string of the molecule is CCC(=O)NCC1(c2ccccc2)CCN(CCCC2(c3ccc(Cl)c(Cl)c3)CCCN(C(=O)c3ccccc3)C2)CC1. The number of carbonyl (C=O) groups excluding carboxylic acids is 2. The summed E-state index contributed by atoms with van der Waals surface area (Å²) in [6.45, 7) is 7.02. The Bertz CT molecular complexity index is 1380. The first-order valence-electron chi connectivity index (χ1n) is 15.7. The number of piperidine rings is 2. The predicted octanol–water partition coefficient (Wildman–Crippen LogP) is 7.51. The molecule has 1 N–H and O–H groups in total. The molecular formula is C36H43Cl2N3O2. The van der Waals surface area contributed by atoms with E-state index in [1.165, 1.54) is 11.1 Å². The summed E-state index contributed by atoms with van der Waals surface area (Å²) in [6.07, 6.45) is 6.49. The summed E-state index contributed by atoms with van der Waals surface area (Å²) in [6, 6.07) is 26.3. The van der Waals surface area contributed by atoms with Gasteiger partial charge >= 0.3 is 0 Å². The van der Waals surface area contributed by atoms with E-state index in [0.29, 0.717) is 29.6 Å². The molecule has 5 rings (SSSR count).